The van der Waals surface area contributed by atoms with Crippen molar-refractivity contribution in [2.75, 3.05) is 27.6 Å². The van der Waals surface area contributed by atoms with Crippen LogP contribution >= 0.6 is 0 Å². The van der Waals surface area contributed by atoms with Gasteiger partial charge in [-0.25, -0.2) is 18.1 Å². The van der Waals surface area contributed by atoms with Gasteiger partial charge in [-0.05, 0) is 30.4 Å². The number of nitrogens with one attached hydrogen (secondary N) is 2. The molecule has 9 heteroatoms. The molecular weight excluding hydrogens is 380 g/mol. The van der Waals surface area contributed by atoms with Gasteiger partial charge in [-0.2, -0.15) is 0 Å². The number of hydrogen-bond acceptors (Lipinski definition) is 7. The Hall–Kier alpha value is -2.00. The molecule has 8 nitrogen and oxygen atoms in total. The molecule has 1 heterocycles. The molecule has 156 valence electrons. The lowest BCUT2D eigenvalue weighted by Gasteiger charge is -2.42. The molecule has 1 aromatic rings. The van der Waals surface area contributed by atoms with Gasteiger partial charge in [-0.15, -0.1) is 0 Å². The topological polar surface area (TPSA) is 92.3 Å². The van der Waals surface area contributed by atoms with Crippen molar-refractivity contribution in [2.24, 2.45) is 16.8 Å². The smallest absolute Gasteiger partial charge is 0.264 e. The summed E-state index contributed by atoms with van der Waals surface area (Å²) in [5.41, 5.74) is 0. The van der Waals surface area contributed by atoms with E-state index in [0.717, 1.165) is 6.42 Å². The predicted octanol–water partition coefficient (Wildman–Crippen LogP) is 1.98. The molecule has 0 unspecified atom stereocenters. The quantitative estimate of drug-likeness (QED) is 0.771. The normalized spacial score (nSPS) is 26.1. The number of ether oxygens (including phenoxy) is 2. The summed E-state index contributed by atoms with van der Waals surface area (Å²) in [6, 6.07) is 4.95. The van der Waals surface area contributed by atoms with Gasteiger partial charge in [0.15, 0.2) is 11.5 Å². The first-order valence-electron chi connectivity index (χ1n) is 9.63. The van der Waals surface area contributed by atoms with E-state index in [1.165, 1.54) is 39.2 Å². The maximum absolute atomic E-state index is 12.7. The van der Waals surface area contributed by atoms with Crippen LogP contribution in [0.3, 0.4) is 0 Å². The van der Waals surface area contributed by atoms with Crippen LogP contribution < -0.4 is 19.5 Å². The predicted molar refractivity (Wildman–Crippen MR) is 108 cm³/mol. The van der Waals surface area contributed by atoms with Crippen molar-refractivity contribution >= 4 is 16.0 Å². The number of guanidine groups is 1. The van der Waals surface area contributed by atoms with Crippen LogP contribution in [0.2, 0.25) is 0 Å². The average Bonchev–Trinajstić information content (AvgIpc) is 2.70. The van der Waals surface area contributed by atoms with Crippen molar-refractivity contribution in [2.45, 2.75) is 44.0 Å². The Bertz CT molecular complexity index is 827. The number of benzene rings is 1. The van der Waals surface area contributed by atoms with Crippen LogP contribution in [-0.4, -0.2) is 52.9 Å². The van der Waals surface area contributed by atoms with Crippen molar-refractivity contribution in [3.05, 3.63) is 18.2 Å². The number of rotatable bonds is 5. The molecular formula is C19H30N4O4S. The van der Waals surface area contributed by atoms with Gasteiger partial charge in [0, 0.05) is 12.1 Å². The van der Waals surface area contributed by atoms with Crippen LogP contribution in [0.4, 0.5) is 0 Å². The van der Waals surface area contributed by atoms with Gasteiger partial charge in [-0.3, -0.25) is 4.90 Å². The molecule has 1 aliphatic heterocycles. The summed E-state index contributed by atoms with van der Waals surface area (Å²) in [4.78, 5) is 6.79. The minimum Gasteiger partial charge on any atom is -0.493 e. The standard InChI is InChI=1S/C19H30N4O4S/c1-13-6-5-7-16(14(13)2)23-11-20-19(21-12-23)22-28(24,25)15-8-9-17(26-3)18(10-15)27-4/h8-10,13-14,16H,5-7,11-12H2,1-4H3,(H2,20,21,22)/t13-,14+,16-/m1/s1. The molecule has 0 saturated heterocycles. The molecule has 0 radical (unpaired) electrons. The molecule has 28 heavy (non-hydrogen) atoms. The van der Waals surface area contributed by atoms with Crippen molar-refractivity contribution < 1.29 is 17.9 Å². The van der Waals surface area contributed by atoms with Gasteiger partial charge in [0.2, 0.25) is 5.96 Å². The summed E-state index contributed by atoms with van der Waals surface area (Å²) in [6.45, 7) is 5.67. The third-order valence-electron chi connectivity index (χ3n) is 5.89. The lowest BCUT2D eigenvalue weighted by Crippen LogP contribution is -2.55. The zero-order chi connectivity index (χ0) is 20.3. The summed E-state index contributed by atoms with van der Waals surface area (Å²) in [7, 11) is -0.804. The summed E-state index contributed by atoms with van der Waals surface area (Å²) in [5.74, 6) is 2.41. The summed E-state index contributed by atoms with van der Waals surface area (Å²) >= 11 is 0. The molecule has 1 aromatic carbocycles. The maximum atomic E-state index is 12.7. The lowest BCUT2D eigenvalue weighted by atomic mass is 9.77. The zero-order valence-corrected chi connectivity index (χ0v) is 17.8. The maximum Gasteiger partial charge on any atom is 0.264 e. The van der Waals surface area contributed by atoms with Crippen molar-refractivity contribution in [1.29, 1.82) is 0 Å². The highest BCUT2D eigenvalue weighted by Gasteiger charge is 2.32. The van der Waals surface area contributed by atoms with Crippen LogP contribution in [0, 0.1) is 11.8 Å². The van der Waals surface area contributed by atoms with E-state index in [2.05, 4.69) is 33.8 Å². The number of hydrogen-bond donors (Lipinski definition) is 2. The minimum absolute atomic E-state index is 0.0896. The average molecular weight is 411 g/mol. The fourth-order valence-electron chi connectivity index (χ4n) is 3.97. The van der Waals surface area contributed by atoms with E-state index < -0.39 is 10.0 Å². The van der Waals surface area contributed by atoms with E-state index >= 15 is 0 Å². The fourth-order valence-corrected chi connectivity index (χ4v) is 4.99. The minimum atomic E-state index is -3.78. The first-order chi connectivity index (χ1) is 13.4. The molecule has 1 fully saturated rings. The molecule has 0 spiro atoms. The van der Waals surface area contributed by atoms with Gasteiger partial charge in [0.05, 0.1) is 32.5 Å². The van der Waals surface area contributed by atoms with Gasteiger partial charge in [0.25, 0.3) is 10.0 Å². The molecule has 2 N–H and O–H groups in total. The number of nitrogens with zero attached hydrogens (tertiary/aromatic N) is 2. The van der Waals surface area contributed by atoms with Gasteiger partial charge in [-0.1, -0.05) is 26.7 Å². The SMILES string of the molecule is COc1ccc(S(=O)(=O)NC2=NCN([C@@H]3CCC[C@@H](C)[C@@H]3C)CN2)cc1OC. The van der Waals surface area contributed by atoms with E-state index in [1.54, 1.807) is 6.07 Å². The first kappa shape index (κ1) is 20.7. The Labute approximate surface area is 167 Å². The van der Waals surface area contributed by atoms with Gasteiger partial charge >= 0.3 is 0 Å². The van der Waals surface area contributed by atoms with Crippen molar-refractivity contribution in [1.82, 2.24) is 14.9 Å². The van der Waals surface area contributed by atoms with Crippen LogP contribution in [0.5, 0.6) is 11.5 Å². The van der Waals surface area contributed by atoms with Crippen LogP contribution in [0.1, 0.15) is 33.1 Å². The number of methoxy groups -OCH3 is 2. The Morgan fingerprint density at radius 2 is 1.93 bits per heavy atom. The molecule has 1 aliphatic carbocycles. The second kappa shape index (κ2) is 8.57. The highest BCUT2D eigenvalue weighted by atomic mass is 32.2. The van der Waals surface area contributed by atoms with Crippen LogP contribution in [0.15, 0.2) is 28.1 Å². The van der Waals surface area contributed by atoms with E-state index in [4.69, 9.17) is 9.47 Å². The summed E-state index contributed by atoms with van der Waals surface area (Å²) < 4.78 is 38.3. The third-order valence-corrected chi connectivity index (χ3v) is 7.23. The monoisotopic (exact) mass is 410 g/mol. The molecule has 0 amide bonds. The van der Waals surface area contributed by atoms with E-state index in [1.807, 2.05) is 0 Å². The summed E-state index contributed by atoms with van der Waals surface area (Å²) in [6.07, 6.45) is 3.67. The van der Waals surface area contributed by atoms with E-state index in [9.17, 15) is 8.42 Å². The molecule has 1 saturated carbocycles. The molecule has 0 bridgehead atoms. The Morgan fingerprint density at radius 3 is 2.57 bits per heavy atom. The zero-order valence-electron chi connectivity index (χ0n) is 16.9. The van der Waals surface area contributed by atoms with Gasteiger partial charge < -0.3 is 14.8 Å². The molecule has 3 rings (SSSR count). The second-order valence-electron chi connectivity index (χ2n) is 7.53. The third kappa shape index (κ3) is 4.35. The molecule has 3 atom stereocenters. The largest absolute Gasteiger partial charge is 0.493 e. The van der Waals surface area contributed by atoms with Crippen molar-refractivity contribution in [3.8, 4) is 11.5 Å². The van der Waals surface area contributed by atoms with Gasteiger partial charge in [0.1, 0.15) is 0 Å². The molecule has 2 aliphatic rings. The van der Waals surface area contributed by atoms with Crippen LogP contribution in [0.25, 0.3) is 0 Å². The highest BCUT2D eigenvalue weighted by Crippen LogP contribution is 2.33. The Balaban J connectivity index is 1.68. The van der Waals surface area contributed by atoms with E-state index in [0.29, 0.717) is 42.7 Å². The fraction of sp³-hybridized carbons (Fsp3) is 0.632. The van der Waals surface area contributed by atoms with E-state index in [-0.39, 0.29) is 10.9 Å². The lowest BCUT2D eigenvalue weighted by molar-refractivity contribution is 0.0768. The Morgan fingerprint density at radius 1 is 1.18 bits per heavy atom. The summed E-state index contributed by atoms with van der Waals surface area (Å²) in [5, 5.41) is 3.11. The first-order valence-corrected chi connectivity index (χ1v) is 11.1. The second-order valence-corrected chi connectivity index (χ2v) is 9.21. The Kier molecular flexibility index (Phi) is 6.34. The molecule has 0 aromatic heterocycles. The van der Waals surface area contributed by atoms with Crippen molar-refractivity contribution in [3.63, 3.8) is 0 Å². The highest BCUT2D eigenvalue weighted by molar-refractivity contribution is 7.90. The van der Waals surface area contributed by atoms with Crippen LogP contribution in [-0.2, 0) is 10.0 Å². The number of sulfonamides is 1. The number of aliphatic imine (C=N–C) groups is 1.